The molecule has 0 fully saturated rings. The summed E-state index contributed by atoms with van der Waals surface area (Å²) in [5, 5.41) is 12.3. The van der Waals surface area contributed by atoms with Crippen molar-refractivity contribution < 1.29 is 9.53 Å². The van der Waals surface area contributed by atoms with Crippen LogP contribution in [0.2, 0.25) is 0 Å². The molecule has 0 radical (unpaired) electrons. The van der Waals surface area contributed by atoms with Gasteiger partial charge in [0.25, 0.3) is 5.91 Å². The smallest absolute Gasteiger partial charge is 0.266 e. The topological polar surface area (TPSA) is 62.1 Å². The quantitative estimate of drug-likeness (QED) is 0.133. The fourth-order valence-electron chi connectivity index (χ4n) is 2.97. The zero-order valence-electron chi connectivity index (χ0n) is 17.1. The van der Waals surface area contributed by atoms with Crippen LogP contribution in [-0.4, -0.2) is 5.91 Å². The zero-order valence-corrected chi connectivity index (χ0v) is 20.9. The van der Waals surface area contributed by atoms with Gasteiger partial charge in [-0.3, -0.25) is 4.79 Å². The van der Waals surface area contributed by atoms with E-state index in [9.17, 15) is 10.1 Å². The number of hydrogen-bond donors (Lipinski definition) is 1. The number of rotatable bonds is 8. The second-order valence-electron chi connectivity index (χ2n) is 6.91. The molecule has 0 aliphatic heterocycles. The van der Waals surface area contributed by atoms with E-state index >= 15 is 0 Å². The molecule has 160 valence electrons. The Morgan fingerprint density at radius 1 is 1.16 bits per heavy atom. The van der Waals surface area contributed by atoms with E-state index in [2.05, 4.69) is 50.4 Å². The number of allylic oxidation sites excluding steroid dienone is 1. The summed E-state index contributed by atoms with van der Waals surface area (Å²) in [5.41, 5.74) is 3.38. The van der Waals surface area contributed by atoms with E-state index in [0.29, 0.717) is 18.7 Å². The number of carbonyl (C=O) groups is 1. The Bertz CT molecular complexity index is 1200. The molecule has 6 heteroatoms. The van der Waals surface area contributed by atoms with Gasteiger partial charge in [0.15, 0.2) is 0 Å². The summed E-state index contributed by atoms with van der Waals surface area (Å²) >= 11 is 5.64. The summed E-state index contributed by atoms with van der Waals surface area (Å²) in [5.74, 6) is 0.285. The summed E-state index contributed by atoms with van der Waals surface area (Å²) in [6.45, 7) is 4.28. The van der Waals surface area contributed by atoms with E-state index in [1.807, 2.05) is 60.7 Å². The lowest BCUT2D eigenvalue weighted by atomic mass is 10.0. The molecule has 0 atom stereocenters. The molecule has 0 unspecified atom stereocenters. The van der Waals surface area contributed by atoms with Crippen LogP contribution in [0, 0.1) is 14.9 Å². The third-order valence-corrected chi connectivity index (χ3v) is 5.73. The van der Waals surface area contributed by atoms with Crippen LogP contribution in [0.5, 0.6) is 5.75 Å². The Morgan fingerprint density at radius 3 is 2.62 bits per heavy atom. The maximum atomic E-state index is 12.6. The molecule has 0 bridgehead atoms. The lowest BCUT2D eigenvalue weighted by Crippen LogP contribution is -2.13. The van der Waals surface area contributed by atoms with Crippen molar-refractivity contribution in [3.05, 3.63) is 110 Å². The number of amides is 1. The largest absolute Gasteiger partial charge is 0.489 e. The minimum Gasteiger partial charge on any atom is -0.489 e. The predicted molar refractivity (Wildman–Crippen MR) is 140 cm³/mol. The molecule has 3 rings (SSSR count). The zero-order chi connectivity index (χ0) is 22.9. The molecule has 32 heavy (non-hydrogen) atoms. The first-order valence-electron chi connectivity index (χ1n) is 9.78. The van der Waals surface area contributed by atoms with E-state index in [0.717, 1.165) is 26.9 Å². The highest BCUT2D eigenvalue weighted by Gasteiger charge is 2.11. The van der Waals surface area contributed by atoms with Crippen molar-refractivity contribution in [2.24, 2.45) is 0 Å². The lowest BCUT2D eigenvalue weighted by Gasteiger charge is -2.12. The number of nitriles is 1. The summed E-state index contributed by atoms with van der Waals surface area (Å²) in [4.78, 5) is 12.6. The number of ether oxygens (including phenoxy) is 1. The number of benzene rings is 3. The molecular weight excluding hydrogens is 579 g/mol. The molecule has 0 spiro atoms. The third kappa shape index (κ3) is 6.81. The van der Waals surface area contributed by atoms with Crippen molar-refractivity contribution in [1.29, 1.82) is 5.26 Å². The molecule has 4 nitrogen and oxygen atoms in total. The van der Waals surface area contributed by atoms with Crippen LogP contribution in [0.4, 0.5) is 5.69 Å². The van der Waals surface area contributed by atoms with Gasteiger partial charge in [-0.05, 0) is 94.2 Å². The van der Waals surface area contributed by atoms with Crippen molar-refractivity contribution in [1.82, 2.24) is 0 Å². The van der Waals surface area contributed by atoms with Gasteiger partial charge in [-0.2, -0.15) is 5.26 Å². The second-order valence-corrected chi connectivity index (χ2v) is 9.07. The van der Waals surface area contributed by atoms with Crippen LogP contribution in [0.15, 0.2) is 89.4 Å². The first kappa shape index (κ1) is 23.8. The van der Waals surface area contributed by atoms with Crippen LogP contribution >= 0.6 is 38.5 Å². The molecule has 0 aliphatic rings. The van der Waals surface area contributed by atoms with Gasteiger partial charge in [-0.15, -0.1) is 6.58 Å². The van der Waals surface area contributed by atoms with Gasteiger partial charge in [-0.1, -0.05) is 46.3 Å². The van der Waals surface area contributed by atoms with E-state index in [1.54, 1.807) is 24.3 Å². The number of anilines is 1. The molecule has 0 aromatic heterocycles. The van der Waals surface area contributed by atoms with Crippen LogP contribution < -0.4 is 10.1 Å². The van der Waals surface area contributed by atoms with Crippen molar-refractivity contribution in [2.75, 3.05) is 5.32 Å². The predicted octanol–water partition coefficient (Wildman–Crippen LogP) is 6.91. The summed E-state index contributed by atoms with van der Waals surface area (Å²) in [6, 6.07) is 23.0. The van der Waals surface area contributed by atoms with E-state index < -0.39 is 5.91 Å². The van der Waals surface area contributed by atoms with Crippen LogP contribution in [-0.2, 0) is 17.8 Å². The maximum Gasteiger partial charge on any atom is 0.266 e. The normalized spacial score (nSPS) is 10.8. The fourth-order valence-corrected chi connectivity index (χ4v) is 3.73. The Kier molecular flexibility index (Phi) is 8.65. The van der Waals surface area contributed by atoms with Gasteiger partial charge >= 0.3 is 0 Å². The van der Waals surface area contributed by atoms with Gasteiger partial charge in [0, 0.05) is 13.7 Å². The van der Waals surface area contributed by atoms with Crippen LogP contribution in [0.3, 0.4) is 0 Å². The number of nitrogens with one attached hydrogen (secondary N) is 1. The molecule has 0 saturated heterocycles. The van der Waals surface area contributed by atoms with Crippen LogP contribution in [0.1, 0.15) is 16.7 Å². The minimum atomic E-state index is -0.463. The number of nitrogens with zero attached hydrogens (tertiary/aromatic N) is 1. The van der Waals surface area contributed by atoms with Crippen molar-refractivity contribution in [2.45, 2.75) is 13.0 Å². The Labute approximate surface area is 209 Å². The first-order valence-corrected chi connectivity index (χ1v) is 11.7. The van der Waals surface area contributed by atoms with Crippen molar-refractivity contribution in [3.8, 4) is 11.8 Å². The molecule has 1 N–H and O–H groups in total. The van der Waals surface area contributed by atoms with E-state index in [1.165, 1.54) is 3.57 Å². The average Bonchev–Trinajstić information content (AvgIpc) is 2.78. The number of halogens is 2. The second kappa shape index (κ2) is 11.7. The Balaban J connectivity index is 1.78. The summed E-state index contributed by atoms with van der Waals surface area (Å²) in [6.07, 6.45) is 3.98. The third-order valence-electron chi connectivity index (χ3n) is 4.51. The number of hydrogen-bond acceptors (Lipinski definition) is 3. The standard InChI is InChI=1S/C26H20BrIN2O2/c1-2-4-20-13-19(9-12-25(20)32-17-18-7-10-23(28)11-8-18)14-21(16-29)26(31)30-24-6-3-5-22(27)15-24/h2-3,5-15H,1,4,17H2,(H,30,31)/b21-14-. The molecule has 3 aromatic carbocycles. The highest BCUT2D eigenvalue weighted by atomic mass is 127. The first-order chi connectivity index (χ1) is 15.5. The van der Waals surface area contributed by atoms with Crippen LogP contribution in [0.25, 0.3) is 6.08 Å². The Morgan fingerprint density at radius 2 is 1.94 bits per heavy atom. The molecule has 0 saturated carbocycles. The number of carbonyl (C=O) groups excluding carboxylic acids is 1. The van der Waals surface area contributed by atoms with Crippen molar-refractivity contribution in [3.63, 3.8) is 0 Å². The van der Waals surface area contributed by atoms with Gasteiger partial charge < -0.3 is 10.1 Å². The molecule has 0 aliphatic carbocycles. The average molecular weight is 599 g/mol. The minimum absolute atomic E-state index is 0.0158. The Hall–Kier alpha value is -2.89. The summed E-state index contributed by atoms with van der Waals surface area (Å²) < 4.78 is 8.03. The monoisotopic (exact) mass is 598 g/mol. The molecule has 3 aromatic rings. The summed E-state index contributed by atoms with van der Waals surface area (Å²) in [7, 11) is 0. The lowest BCUT2D eigenvalue weighted by molar-refractivity contribution is -0.112. The maximum absolute atomic E-state index is 12.6. The van der Waals surface area contributed by atoms with Gasteiger partial charge in [0.05, 0.1) is 0 Å². The van der Waals surface area contributed by atoms with Gasteiger partial charge in [-0.25, -0.2) is 0 Å². The highest BCUT2D eigenvalue weighted by molar-refractivity contribution is 14.1. The van der Waals surface area contributed by atoms with E-state index in [4.69, 9.17) is 4.74 Å². The fraction of sp³-hybridized carbons (Fsp3) is 0.0769. The van der Waals surface area contributed by atoms with Crippen molar-refractivity contribution >= 4 is 56.2 Å². The SMILES string of the molecule is C=CCc1cc(/C=C(/C#N)C(=O)Nc2cccc(Br)c2)ccc1OCc1ccc(I)cc1. The molecular formula is C26H20BrIN2O2. The van der Waals surface area contributed by atoms with Gasteiger partial charge in [0.2, 0.25) is 0 Å². The molecule has 0 heterocycles. The molecule has 1 amide bonds. The van der Waals surface area contributed by atoms with Gasteiger partial charge in [0.1, 0.15) is 24.0 Å². The van der Waals surface area contributed by atoms with E-state index in [-0.39, 0.29) is 5.57 Å². The highest BCUT2D eigenvalue weighted by Crippen LogP contribution is 2.24.